The van der Waals surface area contributed by atoms with Crippen molar-refractivity contribution in [3.8, 4) is 5.75 Å². The quantitative estimate of drug-likeness (QED) is 0.449. The van der Waals surface area contributed by atoms with Crippen LogP contribution in [0.1, 0.15) is 31.7 Å². The molecule has 0 aliphatic carbocycles. The summed E-state index contributed by atoms with van der Waals surface area (Å²) in [4.78, 5) is 14.9. The molecule has 0 radical (unpaired) electrons. The third kappa shape index (κ3) is 3.67. The van der Waals surface area contributed by atoms with E-state index in [0.717, 1.165) is 36.1 Å². The van der Waals surface area contributed by atoms with Crippen molar-refractivity contribution in [3.05, 3.63) is 46.4 Å². The maximum atomic E-state index is 12.5. The zero-order chi connectivity index (χ0) is 16.2. The minimum absolute atomic E-state index is 0.0239. The Kier molecular flexibility index (Phi) is 5.18. The van der Waals surface area contributed by atoms with E-state index in [9.17, 15) is 4.79 Å². The number of unbranched alkanes of at least 4 members (excludes halogenated alkanes) is 2. The summed E-state index contributed by atoms with van der Waals surface area (Å²) in [7, 11) is 0. The summed E-state index contributed by atoms with van der Waals surface area (Å²) in [6.45, 7) is 3.35. The van der Waals surface area contributed by atoms with Gasteiger partial charge in [0, 0.05) is 12.1 Å². The summed E-state index contributed by atoms with van der Waals surface area (Å²) >= 11 is 6.74. The standard InChI is InChI=1S/C18H19NO2S2/c1-2-3-6-9-19-17(20)16(23-18(19)22)11-13-10-14-7-4-5-8-15(14)21-12-13/h4-5,7-8,10-11H,2-3,6,9,12H2,1H3. The Labute approximate surface area is 146 Å². The number of carbonyl (C=O) groups is 1. The molecule has 0 atom stereocenters. The highest BCUT2D eigenvalue weighted by Gasteiger charge is 2.31. The van der Waals surface area contributed by atoms with E-state index in [1.165, 1.54) is 11.8 Å². The molecule has 0 bridgehead atoms. The molecule has 0 N–H and O–H groups in total. The maximum absolute atomic E-state index is 12.5. The zero-order valence-corrected chi connectivity index (χ0v) is 14.7. The van der Waals surface area contributed by atoms with Crippen molar-refractivity contribution < 1.29 is 9.53 Å². The highest BCUT2D eigenvalue weighted by molar-refractivity contribution is 8.26. The SMILES string of the molecule is CCCCCN1C(=O)C(=CC2=Cc3ccccc3OC2)SC1=S. The third-order valence-corrected chi connectivity index (χ3v) is 5.21. The van der Waals surface area contributed by atoms with Crippen LogP contribution in [0.3, 0.4) is 0 Å². The fourth-order valence-corrected chi connectivity index (χ4v) is 3.92. The van der Waals surface area contributed by atoms with Gasteiger partial charge in [-0.05, 0) is 30.2 Å². The van der Waals surface area contributed by atoms with Crippen molar-refractivity contribution in [2.75, 3.05) is 13.2 Å². The van der Waals surface area contributed by atoms with Crippen LogP contribution in [0.25, 0.3) is 6.08 Å². The number of nitrogens with zero attached hydrogens (tertiary/aromatic N) is 1. The molecule has 2 aliphatic rings. The number of fused-ring (bicyclic) bond motifs is 1. The van der Waals surface area contributed by atoms with Crippen molar-refractivity contribution in [2.24, 2.45) is 0 Å². The van der Waals surface area contributed by atoms with Gasteiger partial charge in [-0.3, -0.25) is 9.69 Å². The number of para-hydroxylation sites is 1. The van der Waals surface area contributed by atoms with Crippen molar-refractivity contribution in [2.45, 2.75) is 26.2 Å². The molecule has 0 unspecified atom stereocenters. The summed E-state index contributed by atoms with van der Waals surface area (Å²) in [6, 6.07) is 7.90. The summed E-state index contributed by atoms with van der Waals surface area (Å²) < 4.78 is 6.40. The third-order valence-electron chi connectivity index (χ3n) is 3.83. The molecule has 2 aliphatic heterocycles. The normalized spacial score (nSPS) is 18.9. The molecule has 23 heavy (non-hydrogen) atoms. The molecule has 3 rings (SSSR count). The number of amides is 1. The van der Waals surface area contributed by atoms with Gasteiger partial charge in [0.2, 0.25) is 0 Å². The largest absolute Gasteiger partial charge is 0.488 e. The Morgan fingerprint density at radius 3 is 3.00 bits per heavy atom. The molecule has 5 heteroatoms. The van der Waals surface area contributed by atoms with Gasteiger partial charge in [0.25, 0.3) is 5.91 Å². The Bertz CT molecular complexity index is 694. The Hall–Kier alpha value is -1.59. The van der Waals surface area contributed by atoms with E-state index in [1.54, 1.807) is 4.90 Å². The fraction of sp³-hybridized carbons (Fsp3) is 0.333. The second kappa shape index (κ2) is 7.32. The Morgan fingerprint density at radius 2 is 2.17 bits per heavy atom. The van der Waals surface area contributed by atoms with E-state index in [0.29, 0.717) is 22.4 Å². The number of carbonyl (C=O) groups excluding carboxylic acids is 1. The number of hydrogen-bond donors (Lipinski definition) is 0. The molecule has 0 aromatic heterocycles. The molecule has 1 aromatic rings. The van der Waals surface area contributed by atoms with Crippen LogP contribution in [0, 0.1) is 0 Å². The molecule has 0 saturated carbocycles. The average Bonchev–Trinajstić information content (AvgIpc) is 2.82. The predicted molar refractivity (Wildman–Crippen MR) is 99.4 cm³/mol. The van der Waals surface area contributed by atoms with Crippen LogP contribution in [-0.4, -0.2) is 28.3 Å². The van der Waals surface area contributed by atoms with Gasteiger partial charge >= 0.3 is 0 Å². The number of benzene rings is 1. The van der Waals surface area contributed by atoms with E-state index in [4.69, 9.17) is 17.0 Å². The van der Waals surface area contributed by atoms with Crippen LogP contribution in [0.4, 0.5) is 0 Å². The fourth-order valence-electron chi connectivity index (χ4n) is 2.60. The molecule has 120 valence electrons. The predicted octanol–water partition coefficient (Wildman–Crippen LogP) is 4.40. The van der Waals surface area contributed by atoms with Crippen molar-refractivity contribution >= 4 is 40.3 Å². The zero-order valence-electron chi connectivity index (χ0n) is 13.1. The highest BCUT2D eigenvalue weighted by atomic mass is 32.2. The molecular weight excluding hydrogens is 326 g/mol. The minimum atomic E-state index is 0.0239. The first-order valence-corrected chi connectivity index (χ1v) is 9.09. The maximum Gasteiger partial charge on any atom is 0.266 e. The topological polar surface area (TPSA) is 29.5 Å². The van der Waals surface area contributed by atoms with Gasteiger partial charge in [-0.25, -0.2) is 0 Å². The molecule has 1 amide bonds. The molecular formula is C18H19NO2S2. The number of ether oxygens (including phenoxy) is 1. The first-order chi connectivity index (χ1) is 11.2. The Balaban J connectivity index is 1.75. The lowest BCUT2D eigenvalue weighted by molar-refractivity contribution is -0.122. The van der Waals surface area contributed by atoms with Gasteiger partial charge in [-0.1, -0.05) is 61.9 Å². The smallest absolute Gasteiger partial charge is 0.266 e. The summed E-state index contributed by atoms with van der Waals surface area (Å²) in [5.41, 5.74) is 2.04. The van der Waals surface area contributed by atoms with Crippen molar-refractivity contribution in [1.29, 1.82) is 0 Å². The van der Waals surface area contributed by atoms with Crippen molar-refractivity contribution in [3.63, 3.8) is 0 Å². The van der Waals surface area contributed by atoms with Crippen molar-refractivity contribution in [1.82, 2.24) is 4.90 Å². The van der Waals surface area contributed by atoms with E-state index < -0.39 is 0 Å². The van der Waals surface area contributed by atoms with Crippen LogP contribution < -0.4 is 4.74 Å². The van der Waals surface area contributed by atoms with E-state index >= 15 is 0 Å². The van der Waals surface area contributed by atoms with Crippen LogP contribution in [0.15, 0.2) is 40.8 Å². The van der Waals surface area contributed by atoms with Crippen LogP contribution in [-0.2, 0) is 4.79 Å². The molecule has 1 aromatic carbocycles. The first kappa shape index (κ1) is 16.3. The summed E-state index contributed by atoms with van der Waals surface area (Å²) in [6.07, 6.45) is 7.23. The van der Waals surface area contributed by atoms with Crippen LogP contribution >= 0.6 is 24.0 Å². The first-order valence-electron chi connectivity index (χ1n) is 7.87. The average molecular weight is 345 g/mol. The second-order valence-corrected chi connectivity index (χ2v) is 7.26. The van der Waals surface area contributed by atoms with Gasteiger partial charge < -0.3 is 4.74 Å². The number of thioether (sulfide) groups is 1. The number of rotatable bonds is 5. The second-order valence-electron chi connectivity index (χ2n) is 5.59. The van der Waals surface area contributed by atoms with Gasteiger partial charge in [-0.2, -0.15) is 0 Å². The van der Waals surface area contributed by atoms with Gasteiger partial charge in [0.05, 0.1) is 4.91 Å². The molecule has 1 saturated heterocycles. The van der Waals surface area contributed by atoms with Crippen LogP contribution in [0.5, 0.6) is 5.75 Å². The van der Waals surface area contributed by atoms with E-state index in [1.807, 2.05) is 30.3 Å². The lowest BCUT2D eigenvalue weighted by Crippen LogP contribution is -2.29. The minimum Gasteiger partial charge on any atom is -0.488 e. The molecule has 2 heterocycles. The molecule has 0 spiro atoms. The Morgan fingerprint density at radius 1 is 1.35 bits per heavy atom. The highest BCUT2D eigenvalue weighted by Crippen LogP contribution is 2.34. The summed E-state index contributed by atoms with van der Waals surface area (Å²) in [5.74, 6) is 0.910. The van der Waals surface area contributed by atoms with Crippen LogP contribution in [0.2, 0.25) is 0 Å². The summed E-state index contributed by atoms with van der Waals surface area (Å²) in [5, 5.41) is 0. The lowest BCUT2D eigenvalue weighted by atomic mass is 10.1. The number of thiocarbonyl (C=S) groups is 1. The number of hydrogen-bond acceptors (Lipinski definition) is 4. The lowest BCUT2D eigenvalue weighted by Gasteiger charge is -2.16. The van der Waals surface area contributed by atoms with Gasteiger partial charge in [0.15, 0.2) is 0 Å². The molecule has 1 fully saturated rings. The molecule has 3 nitrogen and oxygen atoms in total. The monoisotopic (exact) mass is 345 g/mol. The van der Waals surface area contributed by atoms with E-state index in [2.05, 4.69) is 13.0 Å². The van der Waals surface area contributed by atoms with Gasteiger partial charge in [0.1, 0.15) is 16.7 Å². The van der Waals surface area contributed by atoms with E-state index in [-0.39, 0.29) is 5.91 Å². The van der Waals surface area contributed by atoms with Gasteiger partial charge in [-0.15, -0.1) is 0 Å².